The summed E-state index contributed by atoms with van der Waals surface area (Å²) in [5.74, 6) is 0.257. The fourth-order valence-electron chi connectivity index (χ4n) is 3.71. The second-order valence-corrected chi connectivity index (χ2v) is 7.86. The first-order valence-electron chi connectivity index (χ1n) is 9.15. The van der Waals surface area contributed by atoms with Gasteiger partial charge in [0.25, 0.3) is 5.91 Å². The third kappa shape index (κ3) is 4.15. The van der Waals surface area contributed by atoms with E-state index < -0.39 is 11.9 Å². The first-order chi connectivity index (χ1) is 11.7. The number of amides is 1. The zero-order chi connectivity index (χ0) is 18.2. The molecule has 2 saturated heterocycles. The van der Waals surface area contributed by atoms with Gasteiger partial charge in [0.15, 0.2) is 11.9 Å². The molecule has 2 fully saturated rings. The van der Waals surface area contributed by atoms with Crippen LogP contribution in [0.2, 0.25) is 0 Å². The Bertz CT molecular complexity index is 647. The van der Waals surface area contributed by atoms with Gasteiger partial charge in [-0.15, -0.1) is 0 Å². The molecule has 0 bridgehead atoms. The quantitative estimate of drug-likeness (QED) is 0.913. The van der Waals surface area contributed by atoms with Crippen LogP contribution in [0.1, 0.15) is 43.4 Å². The van der Waals surface area contributed by atoms with E-state index in [4.69, 9.17) is 9.47 Å². The Labute approximate surface area is 149 Å². The highest BCUT2D eigenvalue weighted by molar-refractivity contribution is 5.81. The summed E-state index contributed by atoms with van der Waals surface area (Å²) in [6, 6.07) is 3.94. The molecule has 1 aromatic carbocycles. The SMILES string of the molecule is Cc1cc(O)c(CC2CCN(C(=O)C3COC(C)(C)O3)CC2)cc1C. The van der Waals surface area contributed by atoms with Crippen LogP contribution in [0.15, 0.2) is 12.1 Å². The number of benzene rings is 1. The third-order valence-corrected chi connectivity index (χ3v) is 5.41. The Morgan fingerprint density at radius 1 is 1.24 bits per heavy atom. The van der Waals surface area contributed by atoms with Gasteiger partial charge < -0.3 is 19.5 Å². The third-order valence-electron chi connectivity index (χ3n) is 5.41. The molecule has 0 aromatic heterocycles. The smallest absolute Gasteiger partial charge is 0.254 e. The number of hydrogen-bond acceptors (Lipinski definition) is 4. The van der Waals surface area contributed by atoms with Gasteiger partial charge in [-0.1, -0.05) is 6.07 Å². The van der Waals surface area contributed by atoms with Crippen molar-refractivity contribution in [1.82, 2.24) is 4.90 Å². The molecule has 1 aromatic rings. The number of phenolic OH excluding ortho intramolecular Hbond substituents is 1. The van der Waals surface area contributed by atoms with Gasteiger partial charge in [-0.05, 0) is 75.6 Å². The Balaban J connectivity index is 1.54. The number of aryl methyl sites for hydroxylation is 2. The van der Waals surface area contributed by atoms with E-state index in [9.17, 15) is 9.90 Å². The van der Waals surface area contributed by atoms with Crippen molar-refractivity contribution in [3.05, 3.63) is 28.8 Å². The van der Waals surface area contributed by atoms with E-state index in [-0.39, 0.29) is 5.91 Å². The molecular formula is C20H29NO4. The number of hydrogen-bond donors (Lipinski definition) is 1. The molecule has 0 aliphatic carbocycles. The van der Waals surface area contributed by atoms with Gasteiger partial charge in [0, 0.05) is 13.1 Å². The average molecular weight is 347 g/mol. The molecule has 1 atom stereocenters. The van der Waals surface area contributed by atoms with Gasteiger partial charge in [0.1, 0.15) is 5.75 Å². The predicted octanol–water partition coefficient (Wildman–Crippen LogP) is 2.94. The fourth-order valence-corrected chi connectivity index (χ4v) is 3.71. The first kappa shape index (κ1) is 18.2. The number of carbonyl (C=O) groups excluding carboxylic acids is 1. The minimum Gasteiger partial charge on any atom is -0.508 e. The topological polar surface area (TPSA) is 59.0 Å². The van der Waals surface area contributed by atoms with Crippen molar-refractivity contribution < 1.29 is 19.4 Å². The lowest BCUT2D eigenvalue weighted by atomic mass is 9.88. The summed E-state index contributed by atoms with van der Waals surface area (Å²) in [7, 11) is 0. The maximum atomic E-state index is 12.6. The van der Waals surface area contributed by atoms with Crippen molar-refractivity contribution in [1.29, 1.82) is 0 Å². The minimum absolute atomic E-state index is 0.0399. The summed E-state index contributed by atoms with van der Waals surface area (Å²) in [6.07, 6.45) is 2.30. The van der Waals surface area contributed by atoms with Crippen molar-refractivity contribution in [3.8, 4) is 5.75 Å². The molecule has 1 unspecified atom stereocenters. The van der Waals surface area contributed by atoms with E-state index >= 15 is 0 Å². The van der Waals surface area contributed by atoms with Crippen molar-refractivity contribution >= 4 is 5.91 Å². The standard InChI is InChI=1S/C20H29NO4/c1-13-9-16(17(22)10-14(13)2)11-15-5-7-21(8-6-15)19(23)18-12-24-20(3,4)25-18/h9-10,15,18,22H,5-8,11-12H2,1-4H3. The van der Waals surface area contributed by atoms with E-state index in [0.717, 1.165) is 43.5 Å². The number of aromatic hydroxyl groups is 1. The molecule has 25 heavy (non-hydrogen) atoms. The minimum atomic E-state index is -0.667. The summed E-state index contributed by atoms with van der Waals surface area (Å²) in [4.78, 5) is 14.5. The highest BCUT2D eigenvalue weighted by Crippen LogP contribution is 2.30. The largest absolute Gasteiger partial charge is 0.508 e. The molecular weight excluding hydrogens is 318 g/mol. The maximum absolute atomic E-state index is 12.6. The molecule has 1 N–H and O–H groups in total. The fraction of sp³-hybridized carbons (Fsp3) is 0.650. The number of ether oxygens (including phenoxy) is 2. The Morgan fingerprint density at radius 3 is 2.48 bits per heavy atom. The van der Waals surface area contributed by atoms with E-state index in [2.05, 4.69) is 13.0 Å². The van der Waals surface area contributed by atoms with Gasteiger partial charge in [0.2, 0.25) is 0 Å². The summed E-state index contributed by atoms with van der Waals surface area (Å²) >= 11 is 0. The number of phenols is 1. The summed E-state index contributed by atoms with van der Waals surface area (Å²) < 4.78 is 11.2. The van der Waals surface area contributed by atoms with Gasteiger partial charge in [-0.2, -0.15) is 0 Å². The highest BCUT2D eigenvalue weighted by atomic mass is 16.7. The van der Waals surface area contributed by atoms with Gasteiger partial charge in [-0.3, -0.25) is 4.79 Å². The molecule has 0 saturated carbocycles. The number of piperidine rings is 1. The van der Waals surface area contributed by atoms with Gasteiger partial charge in [0.05, 0.1) is 6.61 Å². The van der Waals surface area contributed by atoms with Crippen LogP contribution in [0.4, 0.5) is 0 Å². The molecule has 3 rings (SSSR count). The van der Waals surface area contributed by atoms with Crippen LogP contribution in [0.3, 0.4) is 0 Å². The molecule has 5 nitrogen and oxygen atoms in total. The maximum Gasteiger partial charge on any atom is 0.254 e. The number of nitrogens with zero attached hydrogens (tertiary/aromatic N) is 1. The van der Waals surface area contributed by atoms with Crippen LogP contribution in [0.25, 0.3) is 0 Å². The number of rotatable bonds is 3. The molecule has 0 radical (unpaired) electrons. The van der Waals surface area contributed by atoms with Crippen molar-refractivity contribution in [2.75, 3.05) is 19.7 Å². The van der Waals surface area contributed by atoms with Crippen molar-refractivity contribution in [2.24, 2.45) is 5.92 Å². The Kier molecular flexibility index (Phi) is 5.07. The number of carbonyl (C=O) groups is 1. The molecule has 5 heteroatoms. The lowest BCUT2D eigenvalue weighted by Crippen LogP contribution is -2.45. The molecule has 2 aliphatic heterocycles. The monoisotopic (exact) mass is 347 g/mol. The second kappa shape index (κ2) is 6.96. The Hall–Kier alpha value is -1.59. The van der Waals surface area contributed by atoms with E-state index in [1.807, 2.05) is 31.7 Å². The van der Waals surface area contributed by atoms with Crippen LogP contribution < -0.4 is 0 Å². The normalized spacial score (nSPS) is 23.8. The van der Waals surface area contributed by atoms with Gasteiger partial charge in [-0.25, -0.2) is 0 Å². The summed E-state index contributed by atoms with van der Waals surface area (Å²) in [6.45, 7) is 9.59. The van der Waals surface area contributed by atoms with Gasteiger partial charge >= 0.3 is 0 Å². The predicted molar refractivity (Wildman–Crippen MR) is 95.5 cm³/mol. The second-order valence-electron chi connectivity index (χ2n) is 7.86. The van der Waals surface area contributed by atoms with Crippen molar-refractivity contribution in [3.63, 3.8) is 0 Å². The van der Waals surface area contributed by atoms with Crippen molar-refractivity contribution in [2.45, 2.75) is 58.8 Å². The Morgan fingerprint density at radius 2 is 1.88 bits per heavy atom. The average Bonchev–Trinajstić information content (AvgIpc) is 2.93. The van der Waals surface area contributed by atoms with Crippen LogP contribution in [-0.2, 0) is 20.7 Å². The molecule has 2 aliphatic rings. The number of likely N-dealkylation sites (tertiary alicyclic amines) is 1. The molecule has 138 valence electrons. The highest BCUT2D eigenvalue weighted by Gasteiger charge is 2.39. The molecule has 0 spiro atoms. The summed E-state index contributed by atoms with van der Waals surface area (Å²) in [5.41, 5.74) is 3.34. The van der Waals surface area contributed by atoms with Crippen LogP contribution in [-0.4, -0.2) is 47.5 Å². The zero-order valence-corrected chi connectivity index (χ0v) is 15.7. The lowest BCUT2D eigenvalue weighted by molar-refractivity contribution is -0.161. The lowest BCUT2D eigenvalue weighted by Gasteiger charge is -2.33. The van der Waals surface area contributed by atoms with Crippen LogP contribution in [0, 0.1) is 19.8 Å². The van der Waals surface area contributed by atoms with E-state index in [1.165, 1.54) is 5.56 Å². The molecule has 1 amide bonds. The zero-order valence-electron chi connectivity index (χ0n) is 15.7. The first-order valence-corrected chi connectivity index (χ1v) is 9.15. The summed E-state index contributed by atoms with van der Waals surface area (Å²) in [5, 5.41) is 10.2. The van der Waals surface area contributed by atoms with E-state index in [1.54, 1.807) is 0 Å². The molecule has 2 heterocycles. The van der Waals surface area contributed by atoms with Crippen LogP contribution >= 0.6 is 0 Å². The van der Waals surface area contributed by atoms with E-state index in [0.29, 0.717) is 18.3 Å². The van der Waals surface area contributed by atoms with Crippen LogP contribution in [0.5, 0.6) is 5.75 Å².